The Kier molecular flexibility index (Phi) is 8.25. The number of benzene rings is 1. The number of aliphatic carboxylic acids is 1. The summed E-state index contributed by atoms with van der Waals surface area (Å²) in [5.41, 5.74) is -0.225. The van der Waals surface area contributed by atoms with Crippen LogP contribution < -0.4 is 9.67 Å². The number of hydrogen-bond donors (Lipinski definition) is 5. The molecule has 5 N–H and O–H groups in total. The minimum atomic E-state index is -5.14. The van der Waals surface area contributed by atoms with Crippen molar-refractivity contribution in [2.75, 3.05) is 5.32 Å². The predicted molar refractivity (Wildman–Crippen MR) is 80.5 cm³/mol. The zero-order valence-corrected chi connectivity index (χ0v) is 14.5. The monoisotopic (exact) mass is 397 g/mol. The number of carboxylic acid groups (broad SMARTS) is 1. The summed E-state index contributed by atoms with van der Waals surface area (Å²) in [5, 5.41) is 18.9. The molecule has 8 nitrogen and oxygen atoms in total. The van der Waals surface area contributed by atoms with Crippen LogP contribution in [0.3, 0.4) is 0 Å². The topological polar surface area (TPSA) is 144 Å². The Balaban J connectivity index is 0.000000534. The van der Waals surface area contributed by atoms with Crippen LogP contribution in [0.25, 0.3) is 0 Å². The smallest absolute Gasteiger partial charge is 0.321 e. The van der Waals surface area contributed by atoms with Gasteiger partial charge >= 0.3 is 94.1 Å². The standard InChI is InChI=1S/C8H10AsNO5.C4H7ClO2/c1-5(11)10-8-6(9(13,14)15)3-2-4-7(8)12;1-2-3(5)4(6)7/h2-4,12H,1H3,(H,10,11)(H2,13,14,15);3H,2H2,1H3,(H,6,7). The summed E-state index contributed by atoms with van der Waals surface area (Å²) < 4.78 is 28.8. The van der Waals surface area contributed by atoms with E-state index < -0.39 is 31.4 Å². The summed E-state index contributed by atoms with van der Waals surface area (Å²) in [6, 6.07) is 3.71. The number of anilines is 1. The normalized spacial score (nSPS) is 11.9. The molecule has 0 aromatic heterocycles. The van der Waals surface area contributed by atoms with Gasteiger partial charge in [-0.05, 0) is 6.42 Å². The third kappa shape index (κ3) is 6.99. The largest absolute Gasteiger partial charge is 0.480 e. The van der Waals surface area contributed by atoms with E-state index in [0.29, 0.717) is 6.42 Å². The van der Waals surface area contributed by atoms with Gasteiger partial charge in [0.2, 0.25) is 0 Å². The minimum absolute atomic E-state index is 0.225. The number of phenolic OH excluding ortho intramolecular Hbond substituents is 1. The van der Waals surface area contributed by atoms with Crippen LogP contribution >= 0.6 is 11.6 Å². The first-order valence-corrected chi connectivity index (χ1v) is 9.85. The van der Waals surface area contributed by atoms with E-state index in [2.05, 4.69) is 5.32 Å². The second-order valence-electron chi connectivity index (χ2n) is 4.11. The third-order valence-electron chi connectivity index (χ3n) is 2.26. The van der Waals surface area contributed by atoms with E-state index in [9.17, 15) is 18.4 Å². The molecule has 0 spiro atoms. The molecule has 1 aromatic rings. The fourth-order valence-electron chi connectivity index (χ4n) is 1.25. The molecule has 0 aliphatic heterocycles. The Morgan fingerprint density at radius 1 is 1.36 bits per heavy atom. The molecule has 0 bridgehead atoms. The molecule has 0 radical (unpaired) electrons. The molecule has 1 aromatic carbocycles. The van der Waals surface area contributed by atoms with Gasteiger partial charge in [-0.1, -0.05) is 6.92 Å². The third-order valence-corrected chi connectivity index (χ3v) is 4.86. The van der Waals surface area contributed by atoms with Gasteiger partial charge in [0.15, 0.2) is 0 Å². The molecule has 1 amide bonds. The molecule has 0 aliphatic rings. The van der Waals surface area contributed by atoms with E-state index in [4.69, 9.17) is 24.9 Å². The SMILES string of the molecule is CC(=O)Nc1c(O)cccc1[As](=O)(O)O.CCC(Cl)C(=O)O. The second-order valence-corrected chi connectivity index (χ2v) is 7.93. The summed E-state index contributed by atoms with van der Waals surface area (Å²) in [5.74, 6) is -1.82. The fourth-order valence-corrected chi connectivity index (χ4v) is 2.81. The Morgan fingerprint density at radius 2 is 1.91 bits per heavy atom. The Hall–Kier alpha value is -1.47. The number of carboxylic acids is 1. The van der Waals surface area contributed by atoms with Gasteiger partial charge in [0, 0.05) is 0 Å². The number of amides is 1. The second kappa shape index (κ2) is 8.85. The molecular formula is C12H17AsClNO7. The first kappa shape index (κ1) is 20.5. The number of carbonyl (C=O) groups excluding carboxylic acids is 1. The van der Waals surface area contributed by atoms with Crippen molar-refractivity contribution in [1.82, 2.24) is 0 Å². The van der Waals surface area contributed by atoms with Crippen LogP contribution in [0.4, 0.5) is 5.69 Å². The predicted octanol–water partition coefficient (Wildman–Crippen LogP) is -0.000000000000000500. The molecule has 124 valence electrons. The summed E-state index contributed by atoms with van der Waals surface area (Å²) in [6.45, 7) is 2.91. The van der Waals surface area contributed by atoms with Gasteiger partial charge in [-0.3, -0.25) is 4.79 Å². The summed E-state index contributed by atoms with van der Waals surface area (Å²) in [7, 11) is 0. The van der Waals surface area contributed by atoms with Crippen molar-refractivity contribution in [3.05, 3.63) is 18.2 Å². The van der Waals surface area contributed by atoms with Gasteiger partial charge < -0.3 is 5.11 Å². The average molecular weight is 398 g/mol. The number of hydrogen-bond acceptors (Lipinski definition) is 4. The van der Waals surface area contributed by atoms with E-state index in [1.165, 1.54) is 25.1 Å². The van der Waals surface area contributed by atoms with Crippen LogP contribution in [0, 0.1) is 0 Å². The number of para-hydroxylation sites is 1. The van der Waals surface area contributed by atoms with Crippen molar-refractivity contribution in [2.45, 2.75) is 25.6 Å². The summed E-state index contributed by atoms with van der Waals surface area (Å²) >= 11 is 0.0587. The van der Waals surface area contributed by atoms with Crippen LogP contribution in [-0.2, 0) is 13.3 Å². The van der Waals surface area contributed by atoms with Gasteiger partial charge in [0.25, 0.3) is 0 Å². The molecule has 1 unspecified atom stereocenters. The minimum Gasteiger partial charge on any atom is -0.480 e. The van der Waals surface area contributed by atoms with Gasteiger partial charge in [0.1, 0.15) is 5.38 Å². The van der Waals surface area contributed by atoms with Crippen molar-refractivity contribution >= 4 is 47.7 Å². The Morgan fingerprint density at radius 3 is 2.23 bits per heavy atom. The molecular weight excluding hydrogens is 381 g/mol. The number of halogens is 1. The molecule has 0 saturated heterocycles. The zero-order chi connectivity index (χ0) is 17.5. The van der Waals surface area contributed by atoms with Crippen molar-refractivity contribution in [3.63, 3.8) is 0 Å². The van der Waals surface area contributed by atoms with E-state index >= 15 is 0 Å². The molecule has 0 fully saturated rings. The van der Waals surface area contributed by atoms with Crippen molar-refractivity contribution in [1.29, 1.82) is 0 Å². The quantitative estimate of drug-likeness (QED) is 0.273. The van der Waals surface area contributed by atoms with Crippen LogP contribution in [0.1, 0.15) is 20.3 Å². The van der Waals surface area contributed by atoms with E-state index in [-0.39, 0.29) is 15.8 Å². The number of nitrogens with one attached hydrogen (secondary N) is 1. The maximum Gasteiger partial charge on any atom is 0.321 e. The molecule has 0 saturated carbocycles. The number of phenols is 1. The van der Waals surface area contributed by atoms with Gasteiger partial charge in [-0.25, -0.2) is 0 Å². The van der Waals surface area contributed by atoms with Crippen molar-refractivity contribution in [3.8, 4) is 5.75 Å². The van der Waals surface area contributed by atoms with Crippen LogP contribution in [0.2, 0.25) is 0 Å². The van der Waals surface area contributed by atoms with Crippen molar-refractivity contribution < 1.29 is 31.7 Å². The molecule has 1 rings (SSSR count). The van der Waals surface area contributed by atoms with Crippen LogP contribution in [-0.4, -0.2) is 49.8 Å². The average Bonchev–Trinajstić information content (AvgIpc) is 2.39. The van der Waals surface area contributed by atoms with Crippen LogP contribution in [0.15, 0.2) is 18.2 Å². The first-order chi connectivity index (χ1) is 10.0. The maximum absolute atomic E-state index is 11.1. The van der Waals surface area contributed by atoms with Crippen LogP contribution in [0.5, 0.6) is 5.75 Å². The van der Waals surface area contributed by atoms with Gasteiger partial charge in [-0.2, -0.15) is 0 Å². The fraction of sp³-hybridized carbons (Fsp3) is 0.333. The van der Waals surface area contributed by atoms with E-state index in [0.717, 1.165) is 0 Å². The Bertz CT molecular complexity index is 587. The summed E-state index contributed by atoms with van der Waals surface area (Å²) in [4.78, 5) is 20.6. The number of aromatic hydroxyl groups is 1. The number of rotatable bonds is 4. The molecule has 22 heavy (non-hydrogen) atoms. The number of alkyl halides is 1. The first-order valence-electron chi connectivity index (χ1n) is 6.03. The molecule has 0 heterocycles. The zero-order valence-electron chi connectivity index (χ0n) is 11.9. The van der Waals surface area contributed by atoms with E-state index in [1.54, 1.807) is 6.92 Å². The summed E-state index contributed by atoms with van der Waals surface area (Å²) in [6.07, 6.45) is 0.483. The molecule has 0 aliphatic carbocycles. The Labute approximate surface area is 134 Å². The van der Waals surface area contributed by atoms with Gasteiger partial charge in [-0.15, -0.1) is 11.6 Å². The van der Waals surface area contributed by atoms with E-state index in [1.807, 2.05) is 0 Å². The van der Waals surface area contributed by atoms with Crippen molar-refractivity contribution in [2.24, 2.45) is 0 Å². The molecule has 10 heteroatoms. The molecule has 1 atom stereocenters. The van der Waals surface area contributed by atoms with Gasteiger partial charge in [0.05, 0.1) is 0 Å². The maximum atomic E-state index is 11.1. The number of carbonyl (C=O) groups is 2.